The number of piperidine rings is 1. The molecular formula is C14H23ClN2O4S2. The van der Waals surface area contributed by atoms with Crippen molar-refractivity contribution < 1.29 is 16.8 Å². The van der Waals surface area contributed by atoms with E-state index >= 15 is 0 Å². The van der Waals surface area contributed by atoms with Gasteiger partial charge in [-0.2, -0.15) is 4.31 Å². The third kappa shape index (κ3) is 4.90. The summed E-state index contributed by atoms with van der Waals surface area (Å²) in [5.74, 6) is 0.309. The van der Waals surface area contributed by atoms with Gasteiger partial charge in [-0.25, -0.2) is 16.8 Å². The number of sulfonamides is 1. The third-order valence-electron chi connectivity index (χ3n) is 3.86. The molecule has 0 amide bonds. The van der Waals surface area contributed by atoms with Gasteiger partial charge in [-0.3, -0.25) is 0 Å². The van der Waals surface area contributed by atoms with Gasteiger partial charge in [0.05, 0.1) is 9.79 Å². The average molecular weight is 383 g/mol. The lowest BCUT2D eigenvalue weighted by Gasteiger charge is -2.31. The number of sulfone groups is 1. The van der Waals surface area contributed by atoms with Crippen LogP contribution in [0.15, 0.2) is 34.1 Å². The first-order valence-electron chi connectivity index (χ1n) is 7.20. The fourth-order valence-corrected chi connectivity index (χ4v) is 4.89. The van der Waals surface area contributed by atoms with E-state index in [-0.39, 0.29) is 22.2 Å². The summed E-state index contributed by atoms with van der Waals surface area (Å²) < 4.78 is 49.7. The minimum atomic E-state index is -3.56. The molecule has 6 nitrogen and oxygen atoms in total. The fraction of sp³-hybridized carbons (Fsp3) is 0.571. The first-order valence-corrected chi connectivity index (χ1v) is 10.5. The Balaban J connectivity index is 0.00000264. The summed E-state index contributed by atoms with van der Waals surface area (Å²) >= 11 is 0. The molecule has 1 fully saturated rings. The molecule has 0 spiro atoms. The van der Waals surface area contributed by atoms with Crippen molar-refractivity contribution in [2.75, 3.05) is 32.9 Å². The number of hydrogen-bond acceptors (Lipinski definition) is 5. The molecule has 0 bridgehead atoms. The molecule has 1 atom stereocenters. The zero-order chi connectivity index (χ0) is 16.4. The standard InChI is InChI=1S/C14H22N2O4S2.ClH/c1-15-10-12-4-3-9-16(11-12)22(19,20)14-7-5-13(6-8-14)21(2,17)18;/h5-8,12,15H,3-4,9-11H2,1-2H3;1H. The second kappa shape index (κ2) is 7.94. The Bertz CT molecular complexity index is 716. The molecule has 9 heteroatoms. The molecule has 1 unspecified atom stereocenters. The number of benzene rings is 1. The van der Waals surface area contributed by atoms with E-state index in [4.69, 9.17) is 0 Å². The van der Waals surface area contributed by atoms with Gasteiger partial charge in [0.25, 0.3) is 0 Å². The highest BCUT2D eigenvalue weighted by Crippen LogP contribution is 2.24. The van der Waals surface area contributed by atoms with E-state index in [1.807, 2.05) is 7.05 Å². The first kappa shape index (κ1) is 20.4. The minimum Gasteiger partial charge on any atom is -0.319 e. The molecule has 0 saturated carbocycles. The van der Waals surface area contributed by atoms with Gasteiger partial charge in [0, 0.05) is 19.3 Å². The largest absolute Gasteiger partial charge is 0.319 e. The van der Waals surface area contributed by atoms with Crippen LogP contribution in [0, 0.1) is 5.92 Å². The van der Waals surface area contributed by atoms with Gasteiger partial charge in [0.2, 0.25) is 10.0 Å². The Hall–Kier alpha value is -0.670. The Morgan fingerprint density at radius 2 is 1.70 bits per heavy atom. The van der Waals surface area contributed by atoms with E-state index in [0.29, 0.717) is 19.0 Å². The molecular weight excluding hydrogens is 360 g/mol. The molecule has 2 rings (SSSR count). The van der Waals surface area contributed by atoms with Crippen LogP contribution in [0.2, 0.25) is 0 Å². The molecule has 1 aliphatic heterocycles. The van der Waals surface area contributed by atoms with Crippen LogP contribution >= 0.6 is 12.4 Å². The van der Waals surface area contributed by atoms with Gasteiger partial charge in [-0.05, 0) is 56.6 Å². The van der Waals surface area contributed by atoms with Crippen molar-refractivity contribution in [1.29, 1.82) is 0 Å². The van der Waals surface area contributed by atoms with Crippen LogP contribution in [0.4, 0.5) is 0 Å². The zero-order valence-electron chi connectivity index (χ0n) is 13.2. The maximum absolute atomic E-state index is 12.7. The van der Waals surface area contributed by atoms with E-state index < -0.39 is 19.9 Å². The van der Waals surface area contributed by atoms with Crippen molar-refractivity contribution >= 4 is 32.3 Å². The summed E-state index contributed by atoms with van der Waals surface area (Å²) in [6.45, 7) is 1.80. The topological polar surface area (TPSA) is 83.6 Å². The van der Waals surface area contributed by atoms with Crippen LogP contribution in [-0.4, -0.2) is 54.1 Å². The first-order chi connectivity index (χ1) is 10.2. The maximum Gasteiger partial charge on any atom is 0.243 e. The number of rotatable bonds is 5. The molecule has 1 aliphatic rings. The molecule has 0 aromatic heterocycles. The highest BCUT2D eigenvalue weighted by atomic mass is 35.5. The van der Waals surface area contributed by atoms with Gasteiger partial charge in [0.1, 0.15) is 0 Å². The summed E-state index contributed by atoms with van der Waals surface area (Å²) in [6, 6.07) is 5.43. The monoisotopic (exact) mass is 382 g/mol. The van der Waals surface area contributed by atoms with Crippen LogP contribution in [-0.2, 0) is 19.9 Å². The van der Waals surface area contributed by atoms with Crippen LogP contribution in [0.3, 0.4) is 0 Å². The predicted molar refractivity (Wildman–Crippen MR) is 92.2 cm³/mol. The molecule has 1 aromatic rings. The van der Waals surface area contributed by atoms with Crippen LogP contribution in [0.25, 0.3) is 0 Å². The van der Waals surface area contributed by atoms with Crippen molar-refractivity contribution in [3.05, 3.63) is 24.3 Å². The Labute approximate surface area is 144 Å². The van der Waals surface area contributed by atoms with E-state index in [1.54, 1.807) is 0 Å². The third-order valence-corrected chi connectivity index (χ3v) is 6.87. The lowest BCUT2D eigenvalue weighted by Crippen LogP contribution is -2.42. The Morgan fingerprint density at radius 1 is 1.13 bits per heavy atom. The summed E-state index contributed by atoms with van der Waals surface area (Å²) in [4.78, 5) is 0.267. The van der Waals surface area contributed by atoms with Gasteiger partial charge in [-0.15, -0.1) is 12.4 Å². The second-order valence-electron chi connectivity index (χ2n) is 5.67. The Kier molecular flexibility index (Phi) is 7.03. The zero-order valence-corrected chi connectivity index (χ0v) is 15.7. The van der Waals surface area contributed by atoms with Crippen LogP contribution in [0.1, 0.15) is 12.8 Å². The average Bonchev–Trinajstić information content (AvgIpc) is 2.47. The van der Waals surface area contributed by atoms with Gasteiger partial charge in [0.15, 0.2) is 9.84 Å². The van der Waals surface area contributed by atoms with Gasteiger partial charge >= 0.3 is 0 Å². The van der Waals surface area contributed by atoms with E-state index in [0.717, 1.165) is 25.6 Å². The molecule has 132 valence electrons. The highest BCUT2D eigenvalue weighted by molar-refractivity contribution is 7.90. The molecule has 23 heavy (non-hydrogen) atoms. The summed E-state index contributed by atoms with van der Waals surface area (Å²) in [5, 5.41) is 3.09. The van der Waals surface area contributed by atoms with Crippen LogP contribution < -0.4 is 5.32 Å². The van der Waals surface area contributed by atoms with E-state index in [1.165, 1.54) is 28.6 Å². The minimum absolute atomic E-state index is 0. The number of halogens is 1. The molecule has 0 radical (unpaired) electrons. The molecule has 0 aliphatic carbocycles. The van der Waals surface area contributed by atoms with E-state index in [9.17, 15) is 16.8 Å². The fourth-order valence-electron chi connectivity index (χ4n) is 2.71. The SMILES string of the molecule is CNCC1CCCN(S(=O)(=O)c2ccc(S(C)(=O)=O)cc2)C1.Cl. The lowest BCUT2D eigenvalue weighted by atomic mass is 10.00. The van der Waals surface area contributed by atoms with Crippen molar-refractivity contribution in [2.45, 2.75) is 22.6 Å². The summed E-state index contributed by atoms with van der Waals surface area (Å²) in [5.41, 5.74) is 0. The Morgan fingerprint density at radius 3 is 2.22 bits per heavy atom. The second-order valence-corrected chi connectivity index (χ2v) is 9.63. The van der Waals surface area contributed by atoms with Crippen LogP contribution in [0.5, 0.6) is 0 Å². The predicted octanol–water partition coefficient (Wildman–Crippen LogP) is 1.13. The normalized spacial score (nSPS) is 20.0. The van der Waals surface area contributed by atoms with Crippen molar-refractivity contribution in [3.8, 4) is 0 Å². The van der Waals surface area contributed by atoms with Crippen molar-refractivity contribution in [1.82, 2.24) is 9.62 Å². The van der Waals surface area contributed by atoms with Gasteiger partial charge < -0.3 is 5.32 Å². The highest BCUT2D eigenvalue weighted by Gasteiger charge is 2.30. The number of nitrogens with one attached hydrogen (secondary N) is 1. The van der Waals surface area contributed by atoms with Crippen molar-refractivity contribution in [2.24, 2.45) is 5.92 Å². The van der Waals surface area contributed by atoms with E-state index in [2.05, 4.69) is 5.32 Å². The quantitative estimate of drug-likeness (QED) is 0.825. The van der Waals surface area contributed by atoms with Gasteiger partial charge in [-0.1, -0.05) is 0 Å². The maximum atomic E-state index is 12.7. The molecule has 1 heterocycles. The molecule has 1 N–H and O–H groups in total. The molecule has 1 aromatic carbocycles. The lowest BCUT2D eigenvalue weighted by molar-refractivity contribution is 0.263. The number of hydrogen-bond donors (Lipinski definition) is 1. The summed E-state index contributed by atoms with van der Waals surface area (Å²) in [7, 11) is -5.03. The number of nitrogens with zero attached hydrogens (tertiary/aromatic N) is 1. The smallest absolute Gasteiger partial charge is 0.243 e. The molecule has 1 saturated heterocycles. The summed E-state index contributed by atoms with van der Waals surface area (Å²) in [6.07, 6.45) is 2.95. The van der Waals surface area contributed by atoms with Crippen molar-refractivity contribution in [3.63, 3.8) is 0 Å².